The standard InChI is InChI=1S/C24H24F2/c1-2-3-4-6-9-18-12-14-22(24(26)16-18)23-17-20(25)13-15-21(23)19-10-7-5-8-11-19/h5,7-8,10-17H,2-4,6,9H2,1H3. The Morgan fingerprint density at radius 1 is 0.692 bits per heavy atom. The molecular weight excluding hydrogens is 326 g/mol. The van der Waals surface area contributed by atoms with Gasteiger partial charge in [-0.1, -0.05) is 74.7 Å². The van der Waals surface area contributed by atoms with Gasteiger partial charge in [0.25, 0.3) is 0 Å². The van der Waals surface area contributed by atoms with E-state index in [4.69, 9.17) is 0 Å². The van der Waals surface area contributed by atoms with Crippen molar-refractivity contribution in [2.75, 3.05) is 0 Å². The molecule has 0 heterocycles. The highest BCUT2D eigenvalue weighted by atomic mass is 19.1. The van der Waals surface area contributed by atoms with Crippen molar-refractivity contribution in [1.82, 2.24) is 0 Å². The third-order valence-corrected chi connectivity index (χ3v) is 4.71. The molecule has 0 saturated carbocycles. The Kier molecular flexibility index (Phi) is 6.17. The van der Waals surface area contributed by atoms with E-state index in [0.717, 1.165) is 29.5 Å². The molecule has 3 rings (SSSR count). The van der Waals surface area contributed by atoms with Gasteiger partial charge in [-0.25, -0.2) is 8.78 Å². The molecule has 0 aliphatic carbocycles. The van der Waals surface area contributed by atoms with Crippen LogP contribution in [-0.2, 0) is 6.42 Å². The second-order valence-corrected chi connectivity index (χ2v) is 6.68. The van der Waals surface area contributed by atoms with E-state index in [-0.39, 0.29) is 11.6 Å². The fourth-order valence-electron chi connectivity index (χ4n) is 3.30. The van der Waals surface area contributed by atoms with Crippen molar-refractivity contribution < 1.29 is 8.78 Å². The van der Waals surface area contributed by atoms with Crippen molar-refractivity contribution in [3.63, 3.8) is 0 Å². The first-order valence-corrected chi connectivity index (χ1v) is 9.33. The molecule has 2 heteroatoms. The summed E-state index contributed by atoms with van der Waals surface area (Å²) in [5.41, 5.74) is 3.82. The Morgan fingerprint density at radius 2 is 1.46 bits per heavy atom. The average Bonchev–Trinajstić information content (AvgIpc) is 2.66. The van der Waals surface area contributed by atoms with Crippen LogP contribution in [0.3, 0.4) is 0 Å². The highest BCUT2D eigenvalue weighted by Crippen LogP contribution is 2.34. The van der Waals surface area contributed by atoms with Gasteiger partial charge >= 0.3 is 0 Å². The fraction of sp³-hybridized carbons (Fsp3) is 0.250. The molecule has 0 amide bonds. The van der Waals surface area contributed by atoms with Gasteiger partial charge in [-0.15, -0.1) is 0 Å². The lowest BCUT2D eigenvalue weighted by Crippen LogP contribution is -1.93. The van der Waals surface area contributed by atoms with Gasteiger partial charge in [0, 0.05) is 5.56 Å². The zero-order chi connectivity index (χ0) is 18.4. The van der Waals surface area contributed by atoms with Gasteiger partial charge < -0.3 is 0 Å². The van der Waals surface area contributed by atoms with E-state index in [1.54, 1.807) is 18.2 Å². The number of benzene rings is 3. The molecular formula is C24H24F2. The van der Waals surface area contributed by atoms with Gasteiger partial charge in [-0.05, 0) is 53.3 Å². The maximum Gasteiger partial charge on any atom is 0.131 e. The predicted octanol–water partition coefficient (Wildman–Crippen LogP) is 7.42. The average molecular weight is 350 g/mol. The van der Waals surface area contributed by atoms with Crippen LogP contribution in [0.25, 0.3) is 22.3 Å². The maximum atomic E-state index is 14.8. The Morgan fingerprint density at radius 3 is 2.19 bits per heavy atom. The minimum absolute atomic E-state index is 0.291. The van der Waals surface area contributed by atoms with Crippen LogP contribution in [0.5, 0.6) is 0 Å². The summed E-state index contributed by atoms with van der Waals surface area (Å²) in [6.07, 6.45) is 5.52. The van der Waals surface area contributed by atoms with Crippen LogP contribution in [0.1, 0.15) is 38.2 Å². The summed E-state index contributed by atoms with van der Waals surface area (Å²) >= 11 is 0. The lowest BCUT2D eigenvalue weighted by atomic mass is 9.93. The molecule has 0 saturated heterocycles. The van der Waals surface area contributed by atoms with E-state index >= 15 is 0 Å². The van der Waals surface area contributed by atoms with Gasteiger partial charge in [0.1, 0.15) is 11.6 Å². The minimum Gasteiger partial charge on any atom is -0.207 e. The van der Waals surface area contributed by atoms with Crippen LogP contribution in [0.15, 0.2) is 66.7 Å². The van der Waals surface area contributed by atoms with E-state index < -0.39 is 0 Å². The molecule has 0 aliphatic rings. The van der Waals surface area contributed by atoms with Crippen molar-refractivity contribution in [2.45, 2.75) is 39.0 Å². The maximum absolute atomic E-state index is 14.8. The number of rotatable bonds is 7. The van der Waals surface area contributed by atoms with Crippen LogP contribution in [-0.4, -0.2) is 0 Å². The molecule has 0 atom stereocenters. The SMILES string of the molecule is CCCCCCc1ccc(-c2cc(F)ccc2-c2ccccc2)c(F)c1. The van der Waals surface area contributed by atoms with Gasteiger partial charge in [-0.3, -0.25) is 0 Å². The first-order valence-electron chi connectivity index (χ1n) is 9.33. The molecule has 134 valence electrons. The Hall–Kier alpha value is -2.48. The molecule has 0 radical (unpaired) electrons. The van der Waals surface area contributed by atoms with Gasteiger partial charge in [0.15, 0.2) is 0 Å². The highest BCUT2D eigenvalue weighted by molar-refractivity contribution is 5.83. The molecule has 0 spiro atoms. The van der Waals surface area contributed by atoms with Crippen molar-refractivity contribution in [2.24, 2.45) is 0 Å². The topological polar surface area (TPSA) is 0 Å². The second-order valence-electron chi connectivity index (χ2n) is 6.68. The quantitative estimate of drug-likeness (QED) is 0.389. The zero-order valence-electron chi connectivity index (χ0n) is 15.1. The Labute approximate surface area is 154 Å². The number of hydrogen-bond acceptors (Lipinski definition) is 0. The monoisotopic (exact) mass is 350 g/mol. The largest absolute Gasteiger partial charge is 0.207 e. The number of unbranched alkanes of at least 4 members (excludes halogenated alkanes) is 3. The van der Waals surface area contributed by atoms with Crippen LogP contribution >= 0.6 is 0 Å². The third kappa shape index (κ3) is 4.37. The molecule has 0 aromatic heterocycles. The van der Waals surface area contributed by atoms with E-state index in [2.05, 4.69) is 6.92 Å². The summed E-state index contributed by atoms with van der Waals surface area (Å²) in [7, 11) is 0. The van der Waals surface area contributed by atoms with Crippen molar-refractivity contribution in [1.29, 1.82) is 0 Å². The Balaban J connectivity index is 1.93. The molecule has 26 heavy (non-hydrogen) atoms. The second kappa shape index (κ2) is 8.75. The summed E-state index contributed by atoms with van der Waals surface area (Å²) in [5.74, 6) is -0.650. The van der Waals surface area contributed by atoms with E-state index in [0.29, 0.717) is 11.1 Å². The van der Waals surface area contributed by atoms with Crippen molar-refractivity contribution in [3.8, 4) is 22.3 Å². The van der Waals surface area contributed by atoms with Crippen LogP contribution in [0, 0.1) is 11.6 Å². The first-order chi connectivity index (χ1) is 12.7. The zero-order valence-corrected chi connectivity index (χ0v) is 15.1. The van der Waals surface area contributed by atoms with E-state index in [9.17, 15) is 8.78 Å². The molecule has 0 bridgehead atoms. The number of hydrogen-bond donors (Lipinski definition) is 0. The molecule has 0 unspecified atom stereocenters. The predicted molar refractivity (Wildman–Crippen MR) is 105 cm³/mol. The summed E-state index contributed by atoms with van der Waals surface area (Å²) in [4.78, 5) is 0. The highest BCUT2D eigenvalue weighted by Gasteiger charge is 2.13. The summed E-state index contributed by atoms with van der Waals surface area (Å²) < 4.78 is 28.7. The fourth-order valence-corrected chi connectivity index (χ4v) is 3.30. The minimum atomic E-state index is -0.359. The molecule has 3 aromatic carbocycles. The van der Waals surface area contributed by atoms with Gasteiger partial charge in [0.2, 0.25) is 0 Å². The molecule has 0 nitrogen and oxygen atoms in total. The normalized spacial score (nSPS) is 10.9. The van der Waals surface area contributed by atoms with E-state index in [1.807, 2.05) is 36.4 Å². The smallest absolute Gasteiger partial charge is 0.131 e. The summed E-state index contributed by atoms with van der Waals surface area (Å²) in [5, 5.41) is 0. The third-order valence-electron chi connectivity index (χ3n) is 4.71. The van der Waals surface area contributed by atoms with Crippen LogP contribution in [0.2, 0.25) is 0 Å². The summed E-state index contributed by atoms with van der Waals surface area (Å²) in [6.45, 7) is 2.18. The summed E-state index contributed by atoms with van der Waals surface area (Å²) in [6, 6.07) is 19.6. The van der Waals surface area contributed by atoms with Gasteiger partial charge in [-0.2, -0.15) is 0 Å². The first kappa shape index (κ1) is 18.3. The van der Waals surface area contributed by atoms with Crippen molar-refractivity contribution in [3.05, 3.63) is 83.9 Å². The van der Waals surface area contributed by atoms with Gasteiger partial charge in [0.05, 0.1) is 0 Å². The van der Waals surface area contributed by atoms with Crippen LogP contribution < -0.4 is 0 Å². The molecule has 0 aliphatic heterocycles. The molecule has 0 N–H and O–H groups in total. The molecule has 3 aromatic rings. The lowest BCUT2D eigenvalue weighted by molar-refractivity contribution is 0.621. The Bertz CT molecular complexity index is 853. The molecule has 0 fully saturated rings. The number of aryl methyl sites for hydroxylation is 1. The van der Waals surface area contributed by atoms with Crippen LogP contribution in [0.4, 0.5) is 8.78 Å². The van der Waals surface area contributed by atoms with E-state index in [1.165, 1.54) is 31.4 Å². The van der Waals surface area contributed by atoms with Crippen molar-refractivity contribution >= 4 is 0 Å². The lowest BCUT2D eigenvalue weighted by Gasteiger charge is -2.12. The number of halogens is 2.